The van der Waals surface area contributed by atoms with E-state index in [-0.39, 0.29) is 18.9 Å². The Bertz CT molecular complexity index is 696. The molecule has 0 atom stereocenters. The molecule has 0 N–H and O–H groups in total. The van der Waals surface area contributed by atoms with Crippen LogP contribution in [0.3, 0.4) is 0 Å². The van der Waals surface area contributed by atoms with Gasteiger partial charge in [0, 0.05) is 38.1 Å². The molecule has 2 heterocycles. The molecule has 0 fully saturated rings. The van der Waals surface area contributed by atoms with Crippen LogP contribution >= 0.6 is 11.6 Å². The van der Waals surface area contributed by atoms with Crippen molar-refractivity contribution in [2.24, 2.45) is 0 Å². The number of pyridine rings is 1. The fourth-order valence-corrected chi connectivity index (χ4v) is 2.53. The number of nitrogens with zero attached hydrogens (tertiary/aromatic N) is 3. The van der Waals surface area contributed by atoms with Crippen LogP contribution in [0.2, 0.25) is 5.15 Å². The fourth-order valence-electron chi connectivity index (χ4n) is 2.26. The van der Waals surface area contributed by atoms with Gasteiger partial charge in [0.2, 0.25) is 0 Å². The number of aryl methyl sites for hydroxylation is 1. The molecule has 0 aliphatic carbocycles. The summed E-state index contributed by atoms with van der Waals surface area (Å²) in [7, 11) is 1.64. The minimum absolute atomic E-state index is 0.136. The third-order valence-electron chi connectivity index (χ3n) is 3.36. The van der Waals surface area contributed by atoms with Gasteiger partial charge in [0.15, 0.2) is 5.15 Å². The summed E-state index contributed by atoms with van der Waals surface area (Å²) in [6, 6.07) is 3.60. The number of halogens is 2. The molecule has 0 aliphatic rings. The normalized spacial score (nSPS) is 10.9. The summed E-state index contributed by atoms with van der Waals surface area (Å²) >= 11 is 6.12. The Morgan fingerprint density at radius 2 is 2.29 bits per heavy atom. The zero-order valence-corrected chi connectivity index (χ0v) is 12.8. The van der Waals surface area contributed by atoms with Crippen LogP contribution in [0.4, 0.5) is 4.39 Å². The molecular weight excluding hydrogens is 293 g/mol. The first-order chi connectivity index (χ1) is 9.95. The smallest absolute Gasteiger partial charge is 0.270 e. The van der Waals surface area contributed by atoms with Crippen LogP contribution < -0.4 is 0 Å². The van der Waals surface area contributed by atoms with E-state index in [1.165, 1.54) is 4.90 Å². The van der Waals surface area contributed by atoms with Crippen molar-refractivity contribution in [2.75, 3.05) is 13.6 Å². The zero-order valence-electron chi connectivity index (χ0n) is 12.1. The highest BCUT2D eigenvalue weighted by Gasteiger charge is 2.19. The molecule has 4 nitrogen and oxygen atoms in total. The van der Waals surface area contributed by atoms with Crippen molar-refractivity contribution in [1.82, 2.24) is 14.5 Å². The Hall–Kier alpha value is -1.88. The van der Waals surface area contributed by atoms with Crippen LogP contribution in [0.5, 0.6) is 0 Å². The number of aromatic nitrogens is 2. The quantitative estimate of drug-likeness (QED) is 0.791. The van der Waals surface area contributed by atoms with Gasteiger partial charge in [-0.1, -0.05) is 18.2 Å². The molecule has 0 aromatic carbocycles. The molecule has 2 aromatic rings. The maximum atomic E-state index is 12.7. The predicted octanol–water partition coefficient (Wildman–Crippen LogP) is 3.65. The van der Waals surface area contributed by atoms with Gasteiger partial charge in [-0.25, -0.2) is 9.37 Å². The van der Waals surface area contributed by atoms with Gasteiger partial charge in [0.05, 0.1) is 11.3 Å². The zero-order chi connectivity index (χ0) is 15.6. The standard InChI is InChI=1S/C15H17ClFN3O/c1-4-20-12(15(21)19(3)8-6-10(2)17)9-11-5-7-18-14(16)13(11)20/h5,7,9H,2,4,6,8H2,1,3H3. The van der Waals surface area contributed by atoms with Gasteiger partial charge in [0.25, 0.3) is 5.91 Å². The monoisotopic (exact) mass is 309 g/mol. The van der Waals surface area contributed by atoms with E-state index in [0.717, 1.165) is 10.9 Å². The van der Waals surface area contributed by atoms with Crippen molar-refractivity contribution in [3.05, 3.63) is 41.6 Å². The molecule has 1 amide bonds. The molecule has 112 valence electrons. The summed E-state index contributed by atoms with van der Waals surface area (Å²) in [5.41, 5.74) is 1.27. The number of carbonyl (C=O) groups excluding carboxylic acids is 1. The van der Waals surface area contributed by atoms with E-state index in [9.17, 15) is 9.18 Å². The molecular formula is C15H17ClFN3O. The molecule has 0 saturated carbocycles. The van der Waals surface area contributed by atoms with Gasteiger partial charge in [-0.2, -0.15) is 0 Å². The van der Waals surface area contributed by atoms with Crippen molar-refractivity contribution in [2.45, 2.75) is 19.9 Å². The molecule has 0 saturated heterocycles. The van der Waals surface area contributed by atoms with E-state index in [1.54, 1.807) is 19.3 Å². The van der Waals surface area contributed by atoms with Crippen LogP contribution in [0, 0.1) is 0 Å². The Morgan fingerprint density at radius 1 is 1.57 bits per heavy atom. The number of carbonyl (C=O) groups is 1. The predicted molar refractivity (Wildman–Crippen MR) is 82.2 cm³/mol. The lowest BCUT2D eigenvalue weighted by atomic mass is 10.3. The molecule has 0 unspecified atom stereocenters. The molecule has 0 spiro atoms. The van der Waals surface area contributed by atoms with E-state index in [4.69, 9.17) is 11.6 Å². The third-order valence-corrected chi connectivity index (χ3v) is 3.64. The highest BCUT2D eigenvalue weighted by molar-refractivity contribution is 6.34. The average Bonchev–Trinajstić information content (AvgIpc) is 2.83. The first-order valence-electron chi connectivity index (χ1n) is 6.68. The number of rotatable bonds is 5. The minimum atomic E-state index is -0.432. The second-order valence-electron chi connectivity index (χ2n) is 4.81. The third kappa shape index (κ3) is 3.08. The summed E-state index contributed by atoms with van der Waals surface area (Å²) in [5, 5.41) is 1.23. The van der Waals surface area contributed by atoms with Crippen LogP contribution in [-0.4, -0.2) is 34.0 Å². The van der Waals surface area contributed by atoms with Crippen LogP contribution in [0.1, 0.15) is 23.8 Å². The van der Waals surface area contributed by atoms with E-state index in [0.29, 0.717) is 17.4 Å². The van der Waals surface area contributed by atoms with Crippen molar-refractivity contribution < 1.29 is 9.18 Å². The number of hydrogen-bond acceptors (Lipinski definition) is 2. The van der Waals surface area contributed by atoms with Gasteiger partial charge in [0.1, 0.15) is 5.69 Å². The maximum Gasteiger partial charge on any atom is 0.270 e. The molecule has 0 bridgehead atoms. The highest BCUT2D eigenvalue weighted by atomic mass is 35.5. The topological polar surface area (TPSA) is 38.1 Å². The lowest BCUT2D eigenvalue weighted by molar-refractivity contribution is 0.0785. The van der Waals surface area contributed by atoms with E-state index < -0.39 is 5.83 Å². The first-order valence-corrected chi connectivity index (χ1v) is 7.06. The fraction of sp³-hybridized carbons (Fsp3) is 0.333. The number of fused-ring (bicyclic) bond motifs is 1. The van der Waals surface area contributed by atoms with Crippen molar-refractivity contribution in [1.29, 1.82) is 0 Å². The highest BCUT2D eigenvalue weighted by Crippen LogP contribution is 2.26. The Kier molecular flexibility index (Phi) is 4.63. The SMILES string of the molecule is C=C(F)CCN(C)C(=O)c1cc2ccnc(Cl)c2n1CC. The van der Waals surface area contributed by atoms with E-state index in [2.05, 4.69) is 11.6 Å². The van der Waals surface area contributed by atoms with E-state index in [1.807, 2.05) is 17.6 Å². The summed E-state index contributed by atoms with van der Waals surface area (Å²) in [4.78, 5) is 18.0. The number of amides is 1. The van der Waals surface area contributed by atoms with Gasteiger partial charge >= 0.3 is 0 Å². The van der Waals surface area contributed by atoms with Gasteiger partial charge in [-0.3, -0.25) is 4.79 Å². The molecule has 2 aromatic heterocycles. The van der Waals surface area contributed by atoms with Gasteiger partial charge in [-0.05, 0) is 19.1 Å². The Balaban J connectivity index is 2.39. The van der Waals surface area contributed by atoms with Gasteiger partial charge in [-0.15, -0.1) is 0 Å². The number of hydrogen-bond donors (Lipinski definition) is 0. The molecule has 6 heteroatoms. The van der Waals surface area contributed by atoms with Crippen molar-refractivity contribution in [3.63, 3.8) is 0 Å². The van der Waals surface area contributed by atoms with Crippen molar-refractivity contribution >= 4 is 28.4 Å². The summed E-state index contributed by atoms with van der Waals surface area (Å²) < 4.78 is 14.6. The Labute approximate surface area is 127 Å². The molecule has 0 aliphatic heterocycles. The molecule has 2 rings (SSSR count). The van der Waals surface area contributed by atoms with Gasteiger partial charge < -0.3 is 9.47 Å². The second kappa shape index (κ2) is 6.26. The summed E-state index contributed by atoms with van der Waals surface area (Å²) in [6.07, 6.45) is 1.74. The van der Waals surface area contributed by atoms with Crippen molar-refractivity contribution in [3.8, 4) is 0 Å². The van der Waals surface area contributed by atoms with E-state index >= 15 is 0 Å². The second-order valence-corrected chi connectivity index (χ2v) is 5.17. The average molecular weight is 310 g/mol. The van der Waals surface area contributed by atoms with Crippen LogP contribution in [-0.2, 0) is 6.54 Å². The van der Waals surface area contributed by atoms with Crippen LogP contribution in [0.25, 0.3) is 10.9 Å². The minimum Gasteiger partial charge on any atom is -0.340 e. The Morgan fingerprint density at radius 3 is 2.90 bits per heavy atom. The molecule has 0 radical (unpaired) electrons. The molecule has 21 heavy (non-hydrogen) atoms. The lowest BCUT2D eigenvalue weighted by Crippen LogP contribution is -2.29. The largest absolute Gasteiger partial charge is 0.340 e. The summed E-state index contributed by atoms with van der Waals surface area (Å²) in [5.74, 6) is -0.608. The first kappa shape index (κ1) is 15.5. The van der Waals surface area contributed by atoms with Crippen LogP contribution in [0.15, 0.2) is 30.7 Å². The maximum absolute atomic E-state index is 12.7. The summed E-state index contributed by atoms with van der Waals surface area (Å²) in [6.45, 7) is 6.02. The lowest BCUT2D eigenvalue weighted by Gasteiger charge is -2.17.